The van der Waals surface area contributed by atoms with Gasteiger partial charge in [-0.25, -0.2) is 0 Å². The number of ether oxygens (including phenoxy) is 1. The molecular weight excluding hydrogens is 270 g/mol. The summed E-state index contributed by atoms with van der Waals surface area (Å²) in [4.78, 5) is 22.8. The van der Waals surface area contributed by atoms with Gasteiger partial charge in [0.05, 0.1) is 10.3 Å². The van der Waals surface area contributed by atoms with E-state index in [0.717, 1.165) is 11.1 Å². The molecule has 0 radical (unpaired) electrons. The molecule has 1 saturated carbocycles. The Kier molecular flexibility index (Phi) is 4.03. The van der Waals surface area contributed by atoms with Crippen LogP contribution in [0.25, 0.3) is 0 Å². The van der Waals surface area contributed by atoms with Crippen LogP contribution in [0.3, 0.4) is 0 Å². The van der Waals surface area contributed by atoms with Crippen LogP contribution in [0, 0.1) is 29.4 Å². The van der Waals surface area contributed by atoms with E-state index in [2.05, 4.69) is 0 Å². The van der Waals surface area contributed by atoms with Gasteiger partial charge < -0.3 is 4.74 Å². The second kappa shape index (κ2) is 5.47. The van der Waals surface area contributed by atoms with Crippen molar-refractivity contribution in [2.75, 3.05) is 0 Å². The molecular formula is C16H21NO4. The molecule has 0 aliphatic heterocycles. The van der Waals surface area contributed by atoms with Crippen molar-refractivity contribution in [3.05, 3.63) is 33.4 Å². The van der Waals surface area contributed by atoms with Gasteiger partial charge in [0.15, 0.2) is 5.75 Å². The van der Waals surface area contributed by atoms with E-state index in [0.29, 0.717) is 25.0 Å². The van der Waals surface area contributed by atoms with Gasteiger partial charge in [-0.15, -0.1) is 0 Å². The van der Waals surface area contributed by atoms with Crippen LogP contribution in [0.2, 0.25) is 0 Å². The Morgan fingerprint density at radius 1 is 1.33 bits per heavy atom. The molecule has 0 N–H and O–H groups in total. The van der Waals surface area contributed by atoms with Gasteiger partial charge >= 0.3 is 5.69 Å². The fourth-order valence-corrected chi connectivity index (χ4v) is 3.23. The number of carbonyl (C=O) groups excluding carboxylic acids is 1. The van der Waals surface area contributed by atoms with Crippen molar-refractivity contribution < 1.29 is 14.5 Å². The van der Waals surface area contributed by atoms with E-state index in [4.69, 9.17) is 4.74 Å². The first-order chi connectivity index (χ1) is 9.85. The Morgan fingerprint density at radius 3 is 2.43 bits per heavy atom. The highest BCUT2D eigenvalue weighted by Crippen LogP contribution is 2.47. The van der Waals surface area contributed by atoms with Crippen molar-refractivity contribution in [3.63, 3.8) is 0 Å². The average molecular weight is 291 g/mol. The first-order valence-corrected chi connectivity index (χ1v) is 7.31. The Labute approximate surface area is 124 Å². The zero-order chi connectivity index (χ0) is 15.8. The molecule has 5 nitrogen and oxygen atoms in total. The van der Waals surface area contributed by atoms with Gasteiger partial charge in [-0.3, -0.25) is 14.9 Å². The summed E-state index contributed by atoms with van der Waals surface area (Å²) in [5, 5.41) is 11.2. The lowest BCUT2D eigenvalue weighted by atomic mass is 9.61. The molecule has 1 aromatic rings. The average Bonchev–Trinajstić information content (AvgIpc) is 2.41. The maximum atomic E-state index is 12.0. The third-order valence-corrected chi connectivity index (χ3v) is 4.66. The molecule has 1 aliphatic carbocycles. The van der Waals surface area contributed by atoms with E-state index < -0.39 is 10.3 Å². The first-order valence-electron chi connectivity index (χ1n) is 7.31. The van der Waals surface area contributed by atoms with Crippen LogP contribution in [-0.2, 0) is 4.79 Å². The Bertz CT molecular complexity index is 590. The van der Waals surface area contributed by atoms with Gasteiger partial charge in [0.2, 0.25) is 0 Å². The van der Waals surface area contributed by atoms with Crippen molar-refractivity contribution in [1.82, 2.24) is 0 Å². The van der Waals surface area contributed by atoms with Gasteiger partial charge in [-0.2, -0.15) is 0 Å². The summed E-state index contributed by atoms with van der Waals surface area (Å²) in [6.45, 7) is 7.55. The fraction of sp³-hybridized carbons (Fsp3) is 0.562. The van der Waals surface area contributed by atoms with Crippen molar-refractivity contribution in [2.45, 2.75) is 53.1 Å². The van der Waals surface area contributed by atoms with Gasteiger partial charge in [0.25, 0.3) is 0 Å². The van der Waals surface area contributed by atoms with E-state index in [1.807, 2.05) is 26.8 Å². The maximum Gasteiger partial charge on any atom is 0.311 e. The molecule has 1 aromatic carbocycles. The quantitative estimate of drug-likeness (QED) is 0.612. The van der Waals surface area contributed by atoms with Crippen LogP contribution in [0.5, 0.6) is 5.75 Å². The van der Waals surface area contributed by atoms with Crippen LogP contribution in [0.4, 0.5) is 5.69 Å². The molecule has 2 rings (SSSR count). The first kappa shape index (κ1) is 15.5. The Hall–Kier alpha value is -1.91. The van der Waals surface area contributed by atoms with E-state index in [-0.39, 0.29) is 17.6 Å². The molecule has 1 aliphatic rings. The van der Waals surface area contributed by atoms with Gasteiger partial charge in [0, 0.05) is 12.5 Å². The highest BCUT2D eigenvalue weighted by molar-refractivity contribution is 5.92. The van der Waals surface area contributed by atoms with E-state index in [1.165, 1.54) is 6.07 Å². The van der Waals surface area contributed by atoms with Crippen molar-refractivity contribution in [3.8, 4) is 5.75 Å². The number of Topliss-reactive ketones (excluding diaryl/α,β-unsaturated/α-hetero) is 1. The molecule has 0 saturated heterocycles. The minimum atomic E-state index is -0.481. The number of nitrogens with zero attached hydrogens (tertiary/aromatic N) is 1. The SMILES string of the molecule is CCC1(CC)C(=O)CC1Oc1c(C)cc(C)cc1[N+](=O)[O-]. The summed E-state index contributed by atoms with van der Waals surface area (Å²) >= 11 is 0. The third-order valence-electron chi connectivity index (χ3n) is 4.66. The number of aryl methyl sites for hydroxylation is 2. The third kappa shape index (κ3) is 2.41. The molecule has 1 fully saturated rings. The number of hydrogen-bond acceptors (Lipinski definition) is 4. The normalized spacial score (nSPS) is 20.0. The number of carbonyl (C=O) groups is 1. The molecule has 0 aromatic heterocycles. The molecule has 5 heteroatoms. The predicted octanol–water partition coefficient (Wildman–Crippen LogP) is 3.74. The van der Waals surface area contributed by atoms with E-state index >= 15 is 0 Å². The second-order valence-corrected chi connectivity index (χ2v) is 5.78. The van der Waals surface area contributed by atoms with Crippen LogP contribution in [0.1, 0.15) is 44.2 Å². The molecule has 114 valence electrons. The zero-order valence-corrected chi connectivity index (χ0v) is 12.9. The van der Waals surface area contributed by atoms with Crippen LogP contribution >= 0.6 is 0 Å². The largest absolute Gasteiger partial charge is 0.482 e. The van der Waals surface area contributed by atoms with Crippen molar-refractivity contribution in [1.29, 1.82) is 0 Å². The van der Waals surface area contributed by atoms with Gasteiger partial charge in [-0.05, 0) is 37.8 Å². The minimum absolute atomic E-state index is 0.0204. The standard InChI is InChI=1S/C16H21NO4/c1-5-16(6-2)13(18)9-14(16)21-15-11(4)7-10(3)8-12(15)17(19)20/h7-8,14H,5-6,9H2,1-4H3. The number of ketones is 1. The number of benzene rings is 1. The molecule has 1 unspecified atom stereocenters. The zero-order valence-electron chi connectivity index (χ0n) is 12.9. The number of nitro groups is 1. The lowest BCUT2D eigenvalue weighted by molar-refractivity contribution is -0.386. The van der Waals surface area contributed by atoms with Crippen LogP contribution < -0.4 is 4.74 Å². The van der Waals surface area contributed by atoms with Crippen molar-refractivity contribution in [2.24, 2.45) is 5.41 Å². The number of nitro benzene ring substituents is 1. The summed E-state index contributed by atoms with van der Waals surface area (Å²) < 4.78 is 5.93. The van der Waals surface area contributed by atoms with Crippen LogP contribution in [0.15, 0.2) is 12.1 Å². The molecule has 0 amide bonds. The summed E-state index contributed by atoms with van der Waals surface area (Å²) in [7, 11) is 0. The van der Waals surface area contributed by atoms with Gasteiger partial charge in [0.1, 0.15) is 11.9 Å². The summed E-state index contributed by atoms with van der Waals surface area (Å²) in [5.41, 5.74) is 1.06. The lowest BCUT2D eigenvalue weighted by Crippen LogP contribution is -2.56. The Balaban J connectivity index is 2.37. The molecule has 0 heterocycles. The highest BCUT2D eigenvalue weighted by atomic mass is 16.6. The number of hydrogen-bond donors (Lipinski definition) is 0. The van der Waals surface area contributed by atoms with E-state index in [1.54, 1.807) is 6.92 Å². The predicted molar refractivity (Wildman–Crippen MR) is 79.6 cm³/mol. The molecule has 21 heavy (non-hydrogen) atoms. The lowest BCUT2D eigenvalue weighted by Gasteiger charge is -2.46. The number of rotatable bonds is 5. The fourth-order valence-electron chi connectivity index (χ4n) is 3.23. The molecule has 0 spiro atoms. The minimum Gasteiger partial charge on any atom is -0.482 e. The summed E-state index contributed by atoms with van der Waals surface area (Å²) in [5.74, 6) is 0.499. The Morgan fingerprint density at radius 2 is 1.95 bits per heavy atom. The molecule has 1 atom stereocenters. The topological polar surface area (TPSA) is 69.4 Å². The molecule has 0 bridgehead atoms. The summed E-state index contributed by atoms with van der Waals surface area (Å²) in [6, 6.07) is 3.38. The smallest absolute Gasteiger partial charge is 0.311 e. The van der Waals surface area contributed by atoms with E-state index in [9.17, 15) is 14.9 Å². The van der Waals surface area contributed by atoms with Gasteiger partial charge in [-0.1, -0.05) is 19.9 Å². The maximum absolute atomic E-state index is 12.0. The van der Waals surface area contributed by atoms with Crippen molar-refractivity contribution >= 4 is 11.5 Å². The summed E-state index contributed by atoms with van der Waals surface area (Å²) in [6.07, 6.45) is 1.48. The van der Waals surface area contributed by atoms with Crippen LogP contribution in [-0.4, -0.2) is 16.8 Å². The second-order valence-electron chi connectivity index (χ2n) is 5.78. The highest BCUT2D eigenvalue weighted by Gasteiger charge is 2.54. The monoisotopic (exact) mass is 291 g/mol.